The number of hydrogen-bond donors (Lipinski definition) is 2. The Kier molecular flexibility index (Phi) is 3.77. The number of nitrogens with one attached hydrogen (secondary N) is 1. The Bertz CT molecular complexity index is 423. The zero-order valence-corrected chi connectivity index (χ0v) is 8.82. The van der Waals surface area contributed by atoms with Crippen molar-refractivity contribution in [2.45, 2.75) is 13.5 Å². The third kappa shape index (κ3) is 3.20. The second-order valence-corrected chi connectivity index (χ2v) is 3.30. The van der Waals surface area contributed by atoms with E-state index in [-0.39, 0.29) is 6.54 Å². The largest absolute Gasteiger partial charge is 0.366 e. The predicted octanol–water partition coefficient (Wildman–Crippen LogP) is -0.00930. The van der Waals surface area contributed by atoms with Crippen LogP contribution >= 0.6 is 0 Å². The van der Waals surface area contributed by atoms with E-state index in [4.69, 9.17) is 5.73 Å². The molecule has 0 aliphatic heterocycles. The number of carbonyl (C=O) groups is 3. The van der Waals surface area contributed by atoms with E-state index in [1.807, 2.05) is 0 Å². The van der Waals surface area contributed by atoms with E-state index in [1.54, 1.807) is 24.3 Å². The molecule has 0 fully saturated rings. The van der Waals surface area contributed by atoms with Crippen molar-refractivity contribution >= 4 is 17.6 Å². The van der Waals surface area contributed by atoms with Crippen molar-refractivity contribution < 1.29 is 14.4 Å². The number of rotatable bonds is 4. The SMILES string of the molecule is CC(=O)C(=O)NCc1ccc(C(N)=O)cc1. The highest BCUT2D eigenvalue weighted by Crippen LogP contribution is 2.03. The number of primary amides is 1. The molecule has 16 heavy (non-hydrogen) atoms. The Hall–Kier alpha value is -2.17. The first kappa shape index (κ1) is 11.9. The third-order valence-electron chi connectivity index (χ3n) is 2.01. The third-order valence-corrected chi connectivity index (χ3v) is 2.01. The number of carbonyl (C=O) groups excluding carboxylic acids is 3. The van der Waals surface area contributed by atoms with E-state index in [1.165, 1.54) is 6.92 Å². The van der Waals surface area contributed by atoms with E-state index < -0.39 is 17.6 Å². The molecule has 0 aromatic heterocycles. The molecule has 84 valence electrons. The molecule has 0 aliphatic carbocycles. The minimum absolute atomic E-state index is 0.247. The maximum absolute atomic E-state index is 11.0. The molecule has 0 saturated heterocycles. The molecule has 2 amide bonds. The lowest BCUT2D eigenvalue weighted by molar-refractivity contribution is -0.136. The van der Waals surface area contributed by atoms with Gasteiger partial charge in [0.1, 0.15) is 0 Å². The van der Waals surface area contributed by atoms with Crippen LogP contribution in [0.5, 0.6) is 0 Å². The van der Waals surface area contributed by atoms with Crippen molar-refractivity contribution in [2.24, 2.45) is 5.73 Å². The van der Waals surface area contributed by atoms with Crippen molar-refractivity contribution in [3.8, 4) is 0 Å². The van der Waals surface area contributed by atoms with Crippen LogP contribution in [-0.4, -0.2) is 17.6 Å². The summed E-state index contributed by atoms with van der Waals surface area (Å²) in [6.45, 7) is 1.45. The van der Waals surface area contributed by atoms with E-state index >= 15 is 0 Å². The zero-order valence-electron chi connectivity index (χ0n) is 8.82. The van der Waals surface area contributed by atoms with Gasteiger partial charge >= 0.3 is 0 Å². The highest BCUT2D eigenvalue weighted by atomic mass is 16.2. The molecule has 0 aliphatic rings. The summed E-state index contributed by atoms with van der Waals surface area (Å²) in [6, 6.07) is 6.47. The number of nitrogens with two attached hydrogens (primary N) is 1. The van der Waals surface area contributed by atoms with Crippen LogP contribution in [0.4, 0.5) is 0 Å². The van der Waals surface area contributed by atoms with Gasteiger partial charge in [-0.05, 0) is 17.7 Å². The predicted molar refractivity (Wildman–Crippen MR) is 57.5 cm³/mol. The standard InChI is InChI=1S/C11H12N2O3/c1-7(14)11(16)13-6-8-2-4-9(5-3-8)10(12)15/h2-5H,6H2,1H3,(H2,12,15)(H,13,16). The summed E-state index contributed by atoms with van der Waals surface area (Å²) in [5, 5.41) is 2.44. The summed E-state index contributed by atoms with van der Waals surface area (Å²) < 4.78 is 0. The van der Waals surface area contributed by atoms with Gasteiger partial charge in [-0.25, -0.2) is 0 Å². The Morgan fingerprint density at radius 3 is 2.19 bits per heavy atom. The monoisotopic (exact) mass is 220 g/mol. The summed E-state index contributed by atoms with van der Waals surface area (Å²) in [4.78, 5) is 32.4. The van der Waals surface area contributed by atoms with Gasteiger partial charge in [0.05, 0.1) is 0 Å². The van der Waals surface area contributed by atoms with Crippen LogP contribution in [0.2, 0.25) is 0 Å². The van der Waals surface area contributed by atoms with Crippen LogP contribution in [0.3, 0.4) is 0 Å². The zero-order chi connectivity index (χ0) is 12.1. The lowest BCUT2D eigenvalue weighted by Gasteiger charge is -2.03. The maximum Gasteiger partial charge on any atom is 0.287 e. The minimum Gasteiger partial charge on any atom is -0.366 e. The number of benzene rings is 1. The van der Waals surface area contributed by atoms with Crippen molar-refractivity contribution in [3.63, 3.8) is 0 Å². The molecule has 1 rings (SSSR count). The lowest BCUT2D eigenvalue weighted by Crippen LogP contribution is -2.28. The Morgan fingerprint density at radius 1 is 1.19 bits per heavy atom. The van der Waals surface area contributed by atoms with Gasteiger partial charge in [0.25, 0.3) is 5.91 Å². The highest BCUT2D eigenvalue weighted by Gasteiger charge is 2.06. The summed E-state index contributed by atoms with van der Waals surface area (Å²) >= 11 is 0. The van der Waals surface area contributed by atoms with Crippen LogP contribution in [0.15, 0.2) is 24.3 Å². The van der Waals surface area contributed by atoms with Crippen LogP contribution in [0, 0.1) is 0 Å². The summed E-state index contributed by atoms with van der Waals surface area (Å²) in [5.74, 6) is -1.66. The van der Waals surface area contributed by atoms with Crippen LogP contribution < -0.4 is 11.1 Å². The summed E-state index contributed by atoms with van der Waals surface area (Å²) in [6.07, 6.45) is 0. The second-order valence-electron chi connectivity index (χ2n) is 3.30. The van der Waals surface area contributed by atoms with Gasteiger partial charge in [0.15, 0.2) is 0 Å². The van der Waals surface area contributed by atoms with Gasteiger partial charge < -0.3 is 11.1 Å². The van der Waals surface area contributed by atoms with Crippen LogP contribution in [-0.2, 0) is 16.1 Å². The van der Waals surface area contributed by atoms with Crippen molar-refractivity contribution in [2.75, 3.05) is 0 Å². The lowest BCUT2D eigenvalue weighted by atomic mass is 10.1. The van der Waals surface area contributed by atoms with Gasteiger partial charge in [-0.3, -0.25) is 14.4 Å². The quantitative estimate of drug-likeness (QED) is 0.699. The van der Waals surface area contributed by atoms with E-state index in [2.05, 4.69) is 5.32 Å². The topological polar surface area (TPSA) is 89.3 Å². The molecule has 1 aromatic carbocycles. The molecule has 0 bridgehead atoms. The van der Waals surface area contributed by atoms with E-state index in [0.29, 0.717) is 5.56 Å². The first-order chi connectivity index (χ1) is 7.50. The normalized spacial score (nSPS) is 9.56. The summed E-state index contributed by atoms with van der Waals surface area (Å²) in [7, 11) is 0. The molecule has 3 N–H and O–H groups in total. The number of Topliss-reactive ketones (excluding diaryl/α,β-unsaturated/α-hetero) is 1. The van der Waals surface area contributed by atoms with Gasteiger partial charge in [-0.1, -0.05) is 12.1 Å². The van der Waals surface area contributed by atoms with Gasteiger partial charge in [-0.2, -0.15) is 0 Å². The molecule has 0 spiro atoms. The number of ketones is 1. The molecule has 0 atom stereocenters. The average molecular weight is 220 g/mol. The molecule has 1 aromatic rings. The number of amides is 2. The molecule has 0 unspecified atom stereocenters. The fourth-order valence-electron chi connectivity index (χ4n) is 1.09. The highest BCUT2D eigenvalue weighted by molar-refractivity contribution is 6.35. The number of hydrogen-bond acceptors (Lipinski definition) is 3. The van der Waals surface area contributed by atoms with Gasteiger partial charge in [-0.15, -0.1) is 0 Å². The van der Waals surface area contributed by atoms with Crippen LogP contribution in [0.1, 0.15) is 22.8 Å². The fourth-order valence-corrected chi connectivity index (χ4v) is 1.09. The minimum atomic E-state index is -0.626. The molecule has 5 heteroatoms. The van der Waals surface area contributed by atoms with Crippen molar-refractivity contribution in [1.29, 1.82) is 0 Å². The van der Waals surface area contributed by atoms with E-state index in [0.717, 1.165) is 5.56 Å². The molecule has 0 saturated carbocycles. The molecular weight excluding hydrogens is 208 g/mol. The summed E-state index contributed by atoms with van der Waals surface area (Å²) in [5.41, 5.74) is 6.27. The molecule has 5 nitrogen and oxygen atoms in total. The van der Waals surface area contributed by atoms with Crippen LogP contribution in [0.25, 0.3) is 0 Å². The van der Waals surface area contributed by atoms with E-state index in [9.17, 15) is 14.4 Å². The Labute approximate surface area is 92.6 Å². The first-order valence-corrected chi connectivity index (χ1v) is 4.68. The smallest absolute Gasteiger partial charge is 0.287 e. The molecule has 0 radical (unpaired) electrons. The maximum atomic E-state index is 11.0. The first-order valence-electron chi connectivity index (χ1n) is 4.68. The van der Waals surface area contributed by atoms with Crippen molar-refractivity contribution in [3.05, 3.63) is 35.4 Å². The molecule has 0 heterocycles. The fraction of sp³-hybridized carbons (Fsp3) is 0.182. The van der Waals surface area contributed by atoms with Gasteiger partial charge in [0, 0.05) is 19.0 Å². The molecular formula is C11H12N2O3. The Morgan fingerprint density at radius 2 is 1.75 bits per heavy atom. The second kappa shape index (κ2) is 5.06. The Balaban J connectivity index is 2.59. The average Bonchev–Trinajstić information content (AvgIpc) is 2.26. The van der Waals surface area contributed by atoms with Gasteiger partial charge in [0.2, 0.25) is 11.7 Å². The van der Waals surface area contributed by atoms with Crippen molar-refractivity contribution in [1.82, 2.24) is 5.32 Å².